The van der Waals surface area contributed by atoms with Crippen LogP contribution in [0.1, 0.15) is 11.1 Å². The van der Waals surface area contributed by atoms with Crippen molar-refractivity contribution in [2.24, 2.45) is 0 Å². The monoisotopic (exact) mass is 388 g/mol. The van der Waals surface area contributed by atoms with Crippen molar-refractivity contribution in [2.45, 2.75) is 19.2 Å². The molecule has 1 heterocycles. The van der Waals surface area contributed by atoms with Gasteiger partial charge in [0, 0.05) is 24.7 Å². The van der Waals surface area contributed by atoms with E-state index in [2.05, 4.69) is 0 Å². The lowest BCUT2D eigenvalue weighted by Gasteiger charge is -2.38. The molecule has 0 radical (unpaired) electrons. The van der Waals surface area contributed by atoms with Gasteiger partial charge in [0.15, 0.2) is 0 Å². The number of piperazine rings is 1. The second-order valence-corrected chi connectivity index (χ2v) is 6.88. The second kappa shape index (κ2) is 8.88. The second-order valence-electron chi connectivity index (χ2n) is 6.44. The molecule has 27 heavy (non-hydrogen) atoms. The minimum absolute atomic E-state index is 0.0868. The van der Waals surface area contributed by atoms with E-state index in [0.717, 1.165) is 11.1 Å². The van der Waals surface area contributed by atoms with Gasteiger partial charge in [-0.15, -0.1) is 0 Å². The first-order valence-electron chi connectivity index (χ1n) is 8.70. The molecule has 1 fully saturated rings. The van der Waals surface area contributed by atoms with Crippen LogP contribution in [0.15, 0.2) is 54.6 Å². The highest BCUT2D eigenvalue weighted by molar-refractivity contribution is 6.30. The predicted octanol–water partition coefficient (Wildman–Crippen LogP) is 3.25. The summed E-state index contributed by atoms with van der Waals surface area (Å²) in [6.07, 6.45) is -0.493. The van der Waals surface area contributed by atoms with Crippen LogP contribution in [-0.4, -0.2) is 52.6 Å². The minimum Gasteiger partial charge on any atom is -0.480 e. The highest BCUT2D eigenvalue weighted by atomic mass is 35.5. The van der Waals surface area contributed by atoms with Crippen molar-refractivity contribution in [2.75, 3.05) is 19.6 Å². The zero-order valence-electron chi connectivity index (χ0n) is 14.8. The first-order chi connectivity index (χ1) is 13.0. The lowest BCUT2D eigenvalue weighted by Crippen LogP contribution is -2.57. The molecule has 1 amide bonds. The van der Waals surface area contributed by atoms with E-state index in [1.54, 1.807) is 6.07 Å². The van der Waals surface area contributed by atoms with Gasteiger partial charge in [0.05, 0.1) is 6.54 Å². The van der Waals surface area contributed by atoms with Gasteiger partial charge < -0.3 is 14.7 Å². The van der Waals surface area contributed by atoms with Crippen molar-refractivity contribution in [3.63, 3.8) is 0 Å². The first-order valence-corrected chi connectivity index (χ1v) is 9.07. The summed E-state index contributed by atoms with van der Waals surface area (Å²) in [5, 5.41) is 10.2. The fourth-order valence-electron chi connectivity index (χ4n) is 3.09. The smallest absolute Gasteiger partial charge is 0.410 e. The number of carboxylic acids is 1. The van der Waals surface area contributed by atoms with Gasteiger partial charge in [-0.2, -0.15) is 0 Å². The van der Waals surface area contributed by atoms with Crippen LogP contribution < -0.4 is 0 Å². The quantitative estimate of drug-likeness (QED) is 0.851. The third kappa shape index (κ3) is 5.21. The highest BCUT2D eigenvalue weighted by Crippen LogP contribution is 2.18. The first kappa shape index (κ1) is 19.2. The Balaban J connectivity index is 1.59. The van der Waals surface area contributed by atoms with Crippen LogP contribution in [0.25, 0.3) is 0 Å². The highest BCUT2D eigenvalue weighted by Gasteiger charge is 2.34. The lowest BCUT2D eigenvalue weighted by molar-refractivity contribution is -0.145. The largest absolute Gasteiger partial charge is 0.480 e. The molecule has 1 aliphatic heterocycles. The maximum Gasteiger partial charge on any atom is 0.410 e. The fourth-order valence-corrected chi connectivity index (χ4v) is 3.30. The minimum atomic E-state index is -0.961. The summed E-state index contributed by atoms with van der Waals surface area (Å²) in [4.78, 5) is 27.3. The van der Waals surface area contributed by atoms with E-state index >= 15 is 0 Å². The summed E-state index contributed by atoms with van der Waals surface area (Å²) in [6.45, 7) is 1.58. The molecule has 0 aliphatic carbocycles. The molecule has 0 bridgehead atoms. The molecule has 0 spiro atoms. The van der Waals surface area contributed by atoms with E-state index in [0.29, 0.717) is 24.7 Å². The van der Waals surface area contributed by atoms with E-state index in [9.17, 15) is 14.7 Å². The van der Waals surface area contributed by atoms with Crippen molar-refractivity contribution in [3.05, 3.63) is 70.7 Å². The SMILES string of the molecule is O=C(O)C1CN(C(=O)OCc2ccccc2)CCN1Cc1cccc(Cl)c1. The fraction of sp³-hybridized carbons (Fsp3) is 0.300. The van der Waals surface area contributed by atoms with Crippen LogP contribution in [0.3, 0.4) is 0 Å². The molecule has 0 saturated carbocycles. The number of rotatable bonds is 5. The average Bonchev–Trinajstić information content (AvgIpc) is 2.67. The predicted molar refractivity (Wildman–Crippen MR) is 101 cm³/mol. The Kier molecular flexibility index (Phi) is 6.32. The number of aliphatic carboxylic acids is 1. The van der Waals surface area contributed by atoms with Gasteiger partial charge >= 0.3 is 12.1 Å². The molecular formula is C20H21ClN2O4. The van der Waals surface area contributed by atoms with E-state index in [1.807, 2.05) is 53.4 Å². The molecule has 1 N–H and O–H groups in total. The molecular weight excluding hydrogens is 368 g/mol. The van der Waals surface area contributed by atoms with Crippen LogP contribution in [0, 0.1) is 0 Å². The number of carboxylic acid groups (broad SMARTS) is 1. The summed E-state index contributed by atoms with van der Waals surface area (Å²) >= 11 is 6.01. The number of nitrogens with zero attached hydrogens (tertiary/aromatic N) is 2. The summed E-state index contributed by atoms with van der Waals surface area (Å²) in [5.74, 6) is -0.961. The van der Waals surface area contributed by atoms with E-state index in [1.165, 1.54) is 4.90 Å². The third-order valence-corrected chi connectivity index (χ3v) is 4.75. The molecule has 1 unspecified atom stereocenters. The van der Waals surface area contributed by atoms with E-state index in [-0.39, 0.29) is 13.2 Å². The van der Waals surface area contributed by atoms with Crippen LogP contribution in [0.2, 0.25) is 5.02 Å². The number of carbonyl (C=O) groups is 2. The van der Waals surface area contributed by atoms with Crippen LogP contribution >= 0.6 is 11.6 Å². The van der Waals surface area contributed by atoms with Crippen molar-refractivity contribution < 1.29 is 19.4 Å². The van der Waals surface area contributed by atoms with Crippen molar-refractivity contribution in [1.82, 2.24) is 9.80 Å². The number of halogens is 1. The number of hydrogen-bond donors (Lipinski definition) is 1. The molecule has 1 saturated heterocycles. The van der Waals surface area contributed by atoms with Gasteiger partial charge in [0.25, 0.3) is 0 Å². The normalized spacial score (nSPS) is 17.5. The zero-order valence-corrected chi connectivity index (χ0v) is 15.5. The lowest BCUT2D eigenvalue weighted by atomic mass is 10.1. The molecule has 1 atom stereocenters. The number of benzene rings is 2. The van der Waals surface area contributed by atoms with Gasteiger partial charge in [-0.1, -0.05) is 54.1 Å². The van der Waals surface area contributed by atoms with Crippen molar-refractivity contribution in [1.29, 1.82) is 0 Å². The third-order valence-electron chi connectivity index (χ3n) is 4.51. The topological polar surface area (TPSA) is 70.1 Å². The maximum absolute atomic E-state index is 12.3. The van der Waals surface area contributed by atoms with Gasteiger partial charge in [-0.3, -0.25) is 9.69 Å². The van der Waals surface area contributed by atoms with Gasteiger partial charge in [-0.25, -0.2) is 4.79 Å². The number of carbonyl (C=O) groups excluding carboxylic acids is 1. The standard InChI is InChI=1S/C20H21ClN2O4/c21-17-8-4-7-16(11-17)12-22-9-10-23(13-18(22)19(24)25)20(26)27-14-15-5-2-1-3-6-15/h1-8,11,18H,9-10,12-14H2,(H,24,25). The van der Waals surface area contributed by atoms with E-state index in [4.69, 9.17) is 16.3 Å². The Hall–Kier alpha value is -2.57. The zero-order chi connectivity index (χ0) is 19.2. The van der Waals surface area contributed by atoms with Gasteiger partial charge in [0.2, 0.25) is 0 Å². The van der Waals surface area contributed by atoms with Gasteiger partial charge in [0.1, 0.15) is 12.6 Å². The number of amides is 1. The van der Waals surface area contributed by atoms with Crippen LogP contribution in [0.5, 0.6) is 0 Å². The average molecular weight is 389 g/mol. The summed E-state index contributed by atoms with van der Waals surface area (Å²) in [6, 6.07) is 15.9. The van der Waals surface area contributed by atoms with Crippen LogP contribution in [-0.2, 0) is 22.7 Å². The molecule has 142 valence electrons. The Morgan fingerprint density at radius 1 is 1.07 bits per heavy atom. The van der Waals surface area contributed by atoms with E-state index < -0.39 is 18.1 Å². The summed E-state index contributed by atoms with van der Waals surface area (Å²) < 4.78 is 5.32. The molecule has 1 aliphatic rings. The molecule has 7 heteroatoms. The Bertz CT molecular complexity index is 800. The maximum atomic E-state index is 12.3. The molecule has 2 aromatic rings. The molecule has 6 nitrogen and oxygen atoms in total. The number of hydrogen-bond acceptors (Lipinski definition) is 4. The number of ether oxygens (including phenoxy) is 1. The Labute approximate surface area is 162 Å². The summed E-state index contributed by atoms with van der Waals surface area (Å²) in [5.41, 5.74) is 1.83. The van der Waals surface area contributed by atoms with Crippen LogP contribution in [0.4, 0.5) is 4.79 Å². The van der Waals surface area contributed by atoms with Crippen molar-refractivity contribution >= 4 is 23.7 Å². The molecule has 0 aromatic heterocycles. The molecule has 2 aromatic carbocycles. The Morgan fingerprint density at radius 2 is 1.81 bits per heavy atom. The Morgan fingerprint density at radius 3 is 2.52 bits per heavy atom. The van der Waals surface area contributed by atoms with Gasteiger partial charge in [-0.05, 0) is 23.3 Å². The summed E-state index contributed by atoms with van der Waals surface area (Å²) in [7, 11) is 0. The van der Waals surface area contributed by atoms with Crippen molar-refractivity contribution in [3.8, 4) is 0 Å². The molecule has 3 rings (SSSR count).